The Kier molecular flexibility index (Phi) is 7.21. The van der Waals surface area contributed by atoms with Crippen LogP contribution in [0.3, 0.4) is 0 Å². The minimum absolute atomic E-state index is 0.0216. The van der Waals surface area contributed by atoms with Gasteiger partial charge >= 0.3 is 5.97 Å². The van der Waals surface area contributed by atoms with Gasteiger partial charge in [0.05, 0.1) is 7.11 Å². The smallest absolute Gasteiger partial charge is 0.353 e. The lowest BCUT2D eigenvalue weighted by Gasteiger charge is -2.19. The normalized spacial score (nSPS) is 14.1. The van der Waals surface area contributed by atoms with Gasteiger partial charge in [0, 0.05) is 34.6 Å². The van der Waals surface area contributed by atoms with Crippen molar-refractivity contribution in [1.82, 2.24) is 4.57 Å². The van der Waals surface area contributed by atoms with Crippen LogP contribution in [0.5, 0.6) is 5.75 Å². The summed E-state index contributed by atoms with van der Waals surface area (Å²) >= 11 is 0. The van der Waals surface area contributed by atoms with E-state index in [1.165, 1.54) is 5.56 Å². The van der Waals surface area contributed by atoms with Crippen LogP contribution in [0.2, 0.25) is 0 Å². The molecular formula is C33H36N2O4. The molecule has 1 saturated carbocycles. The van der Waals surface area contributed by atoms with Crippen LogP contribution in [-0.2, 0) is 16.8 Å². The number of fused-ring (bicyclic) bond motifs is 1. The summed E-state index contributed by atoms with van der Waals surface area (Å²) in [4.78, 5) is 25.7. The Bertz CT molecular complexity index is 1520. The molecule has 0 unspecified atom stereocenters. The van der Waals surface area contributed by atoms with Gasteiger partial charge in [-0.15, -0.1) is 0 Å². The molecule has 202 valence electrons. The van der Waals surface area contributed by atoms with Gasteiger partial charge in [-0.3, -0.25) is 4.79 Å². The minimum atomic E-state index is -1.000. The van der Waals surface area contributed by atoms with E-state index in [2.05, 4.69) is 38.2 Å². The first kappa shape index (κ1) is 26.5. The topological polar surface area (TPSA) is 80.6 Å². The highest BCUT2D eigenvalue weighted by atomic mass is 16.5. The van der Waals surface area contributed by atoms with Crippen LogP contribution < -0.4 is 10.1 Å². The molecule has 3 aromatic carbocycles. The molecule has 1 aromatic heterocycles. The van der Waals surface area contributed by atoms with Crippen molar-refractivity contribution in [3.05, 3.63) is 83.6 Å². The van der Waals surface area contributed by atoms with Crippen LogP contribution in [0, 0.1) is 5.92 Å². The lowest BCUT2D eigenvalue weighted by atomic mass is 9.86. The summed E-state index contributed by atoms with van der Waals surface area (Å²) in [7, 11) is 1.62. The van der Waals surface area contributed by atoms with E-state index in [0.29, 0.717) is 17.8 Å². The molecule has 1 heterocycles. The number of carboxylic acids is 1. The van der Waals surface area contributed by atoms with Gasteiger partial charge in [-0.2, -0.15) is 0 Å². The Morgan fingerprint density at radius 3 is 2.36 bits per heavy atom. The number of carbonyl (C=O) groups excluding carboxylic acids is 1. The number of ether oxygens (including phenoxy) is 1. The second-order valence-electron chi connectivity index (χ2n) is 11.5. The van der Waals surface area contributed by atoms with Crippen molar-refractivity contribution in [2.24, 2.45) is 5.92 Å². The van der Waals surface area contributed by atoms with Gasteiger partial charge in [-0.05, 0) is 65.3 Å². The molecule has 6 nitrogen and oxygen atoms in total. The van der Waals surface area contributed by atoms with Gasteiger partial charge in [0.25, 0.3) is 0 Å². The van der Waals surface area contributed by atoms with Crippen LogP contribution in [0.15, 0.2) is 66.7 Å². The summed E-state index contributed by atoms with van der Waals surface area (Å²) in [6, 6.07) is 21.5. The van der Waals surface area contributed by atoms with Crippen molar-refractivity contribution in [3.8, 4) is 16.9 Å². The van der Waals surface area contributed by atoms with Crippen molar-refractivity contribution < 1.29 is 19.4 Å². The Morgan fingerprint density at radius 2 is 1.72 bits per heavy atom. The van der Waals surface area contributed by atoms with E-state index in [1.54, 1.807) is 7.11 Å². The lowest BCUT2D eigenvalue weighted by Crippen LogP contribution is -2.20. The fraction of sp³-hybridized carbons (Fsp3) is 0.333. The van der Waals surface area contributed by atoms with Crippen molar-refractivity contribution in [2.45, 2.75) is 58.4 Å². The summed E-state index contributed by atoms with van der Waals surface area (Å²) in [6.45, 7) is 6.83. The second kappa shape index (κ2) is 10.6. The first-order chi connectivity index (χ1) is 18.7. The number of methoxy groups -OCH3 is 1. The summed E-state index contributed by atoms with van der Waals surface area (Å²) in [5.74, 6) is -0.203. The van der Waals surface area contributed by atoms with Gasteiger partial charge in [0.1, 0.15) is 11.4 Å². The number of nitrogens with zero attached hydrogens (tertiary/aromatic N) is 1. The Hall–Kier alpha value is -4.06. The summed E-state index contributed by atoms with van der Waals surface area (Å²) in [6.07, 6.45) is 4.00. The van der Waals surface area contributed by atoms with E-state index in [1.807, 2.05) is 59.2 Å². The van der Waals surface area contributed by atoms with Crippen molar-refractivity contribution >= 4 is 28.5 Å². The summed E-state index contributed by atoms with van der Waals surface area (Å²) < 4.78 is 7.25. The number of carbonyl (C=O) groups is 2. The molecule has 4 aromatic rings. The molecular weight excluding hydrogens is 488 g/mol. The predicted octanol–water partition coefficient (Wildman–Crippen LogP) is 7.49. The van der Waals surface area contributed by atoms with Crippen LogP contribution in [0.25, 0.3) is 22.0 Å². The molecule has 0 bridgehead atoms. The van der Waals surface area contributed by atoms with E-state index >= 15 is 0 Å². The molecule has 0 atom stereocenters. The molecule has 1 amide bonds. The number of amides is 1. The Labute approximate surface area is 229 Å². The molecule has 0 spiro atoms. The van der Waals surface area contributed by atoms with Gasteiger partial charge < -0.3 is 19.7 Å². The maximum atomic E-state index is 12.9. The van der Waals surface area contributed by atoms with Crippen LogP contribution in [-0.4, -0.2) is 28.7 Å². The zero-order valence-electron chi connectivity index (χ0n) is 23.1. The fourth-order valence-corrected chi connectivity index (χ4v) is 5.63. The largest absolute Gasteiger partial charge is 0.497 e. The minimum Gasteiger partial charge on any atom is -0.497 e. The van der Waals surface area contributed by atoms with E-state index in [4.69, 9.17) is 4.74 Å². The van der Waals surface area contributed by atoms with Crippen LogP contribution in [0.1, 0.15) is 68.1 Å². The molecule has 0 radical (unpaired) electrons. The number of aromatic carboxylic acids is 1. The van der Waals surface area contributed by atoms with E-state index in [9.17, 15) is 14.7 Å². The Balaban J connectivity index is 1.67. The van der Waals surface area contributed by atoms with E-state index < -0.39 is 5.97 Å². The SMILES string of the molecule is COc1cccc(Cn2c(C(=O)O)c(-c3ccc(C(C)(C)C)cc3)c3cc(NC(=O)C4CCCC4)ccc32)c1. The van der Waals surface area contributed by atoms with Gasteiger partial charge in [0.2, 0.25) is 5.91 Å². The maximum Gasteiger partial charge on any atom is 0.353 e. The average molecular weight is 525 g/mol. The number of rotatable bonds is 7. The molecule has 2 N–H and O–H groups in total. The molecule has 1 aliphatic rings. The first-order valence-corrected chi connectivity index (χ1v) is 13.6. The zero-order chi connectivity index (χ0) is 27.7. The number of nitrogens with one attached hydrogen (secondary N) is 1. The van der Waals surface area contributed by atoms with E-state index in [-0.39, 0.29) is 22.9 Å². The molecule has 39 heavy (non-hydrogen) atoms. The van der Waals surface area contributed by atoms with Crippen molar-refractivity contribution in [2.75, 3.05) is 12.4 Å². The molecule has 1 fully saturated rings. The highest BCUT2D eigenvalue weighted by Crippen LogP contribution is 2.38. The third kappa shape index (κ3) is 5.42. The zero-order valence-corrected chi connectivity index (χ0v) is 23.1. The number of benzene rings is 3. The van der Waals surface area contributed by atoms with Crippen molar-refractivity contribution in [3.63, 3.8) is 0 Å². The Morgan fingerprint density at radius 1 is 1.00 bits per heavy atom. The number of aromatic nitrogens is 1. The van der Waals surface area contributed by atoms with E-state index in [0.717, 1.165) is 53.5 Å². The summed E-state index contributed by atoms with van der Waals surface area (Å²) in [5.41, 5.74) is 5.26. The maximum absolute atomic E-state index is 12.9. The highest BCUT2D eigenvalue weighted by molar-refractivity contribution is 6.09. The fourth-order valence-electron chi connectivity index (χ4n) is 5.63. The third-order valence-corrected chi connectivity index (χ3v) is 7.77. The van der Waals surface area contributed by atoms with Crippen molar-refractivity contribution in [1.29, 1.82) is 0 Å². The quantitative estimate of drug-likeness (QED) is 0.262. The highest BCUT2D eigenvalue weighted by Gasteiger charge is 2.26. The van der Waals surface area contributed by atoms with Gasteiger partial charge in [-0.1, -0.05) is 70.0 Å². The average Bonchev–Trinajstić information content (AvgIpc) is 3.55. The summed E-state index contributed by atoms with van der Waals surface area (Å²) in [5, 5.41) is 14.4. The van der Waals surface area contributed by atoms with Crippen LogP contribution >= 0.6 is 0 Å². The van der Waals surface area contributed by atoms with Gasteiger partial charge in [-0.25, -0.2) is 4.79 Å². The standard InChI is InChI=1S/C33H36N2O4/c1-33(2,3)24-14-12-22(13-15-24)29-27-19-25(34-31(36)23-9-5-6-10-23)16-17-28(27)35(30(29)32(37)38)20-21-8-7-11-26(18-21)39-4/h7-8,11-19,23H,5-6,9-10,20H2,1-4H3,(H,34,36)(H,37,38). The number of anilines is 1. The third-order valence-electron chi connectivity index (χ3n) is 7.77. The van der Waals surface area contributed by atoms with Gasteiger partial charge in [0.15, 0.2) is 0 Å². The monoisotopic (exact) mass is 524 g/mol. The second-order valence-corrected chi connectivity index (χ2v) is 11.5. The van der Waals surface area contributed by atoms with Crippen LogP contribution in [0.4, 0.5) is 5.69 Å². The number of carboxylic acid groups (broad SMARTS) is 1. The number of hydrogen-bond acceptors (Lipinski definition) is 3. The molecule has 5 rings (SSSR count). The predicted molar refractivity (Wildman–Crippen MR) is 156 cm³/mol. The molecule has 1 aliphatic carbocycles. The first-order valence-electron chi connectivity index (χ1n) is 13.6. The lowest BCUT2D eigenvalue weighted by molar-refractivity contribution is -0.119. The molecule has 6 heteroatoms. The number of hydrogen-bond donors (Lipinski definition) is 2. The molecule has 0 saturated heterocycles. The molecule has 0 aliphatic heterocycles.